The van der Waals surface area contributed by atoms with Gasteiger partial charge < -0.3 is 19.8 Å². The van der Waals surface area contributed by atoms with Crippen LogP contribution in [-0.4, -0.2) is 45.1 Å². The number of nitrogens with one attached hydrogen (secondary N) is 2. The van der Waals surface area contributed by atoms with Crippen LogP contribution in [0, 0.1) is 6.92 Å². The fourth-order valence-corrected chi connectivity index (χ4v) is 4.39. The Balaban J connectivity index is 1.69. The number of aryl methyl sites for hydroxylation is 1. The van der Waals surface area contributed by atoms with E-state index in [0.29, 0.717) is 43.1 Å². The Bertz CT molecular complexity index is 887. The maximum Gasteiger partial charge on any atom is 0.323 e. The second kappa shape index (κ2) is 8.12. The van der Waals surface area contributed by atoms with Gasteiger partial charge in [-0.15, -0.1) is 0 Å². The summed E-state index contributed by atoms with van der Waals surface area (Å²) in [5.74, 6) is 0.323. The fourth-order valence-electron chi connectivity index (χ4n) is 2.95. The minimum atomic E-state index is -3.75. The first-order valence-electron chi connectivity index (χ1n) is 8.66. The molecule has 1 aliphatic rings. The number of benzene rings is 1. The van der Waals surface area contributed by atoms with Crippen molar-refractivity contribution in [2.24, 2.45) is 0 Å². The Hall–Kier alpha value is -2.36. The molecule has 1 fully saturated rings. The molecule has 0 aliphatic carbocycles. The molecule has 146 valence electrons. The lowest BCUT2D eigenvalue weighted by Crippen LogP contribution is -2.40. The van der Waals surface area contributed by atoms with Crippen LogP contribution in [0.4, 0.5) is 16.2 Å². The number of rotatable bonds is 5. The predicted molar refractivity (Wildman–Crippen MR) is 101 cm³/mol. The van der Waals surface area contributed by atoms with Crippen LogP contribution in [0.5, 0.6) is 0 Å². The van der Waals surface area contributed by atoms with E-state index in [4.69, 9.17) is 9.15 Å². The standard InChI is InChI=1S/C18H23N3O5S/c1-13-16(20-18(22)19-14-6-4-3-5-7-14)12-17(26-13)27(23,24)21-10-8-15(25-2)9-11-21/h3-7,12,15H,8-11H2,1-2H3,(H2,19,20,22). The Kier molecular flexibility index (Phi) is 5.83. The van der Waals surface area contributed by atoms with E-state index < -0.39 is 16.1 Å². The zero-order valence-electron chi connectivity index (χ0n) is 15.3. The smallest absolute Gasteiger partial charge is 0.323 e. The Morgan fingerprint density at radius 2 is 1.85 bits per heavy atom. The minimum Gasteiger partial charge on any atom is -0.446 e. The molecule has 0 spiro atoms. The second-order valence-corrected chi connectivity index (χ2v) is 8.19. The van der Waals surface area contributed by atoms with Crippen LogP contribution in [0.1, 0.15) is 18.6 Å². The SMILES string of the molecule is COC1CCN(S(=O)(=O)c2cc(NC(=O)Nc3ccccc3)c(C)o2)CC1. The van der Waals surface area contributed by atoms with Gasteiger partial charge in [-0.05, 0) is 31.9 Å². The first-order valence-corrected chi connectivity index (χ1v) is 10.1. The van der Waals surface area contributed by atoms with Crippen LogP contribution in [0.3, 0.4) is 0 Å². The summed E-state index contributed by atoms with van der Waals surface area (Å²) in [4.78, 5) is 12.1. The minimum absolute atomic E-state index is 0.0775. The number of sulfonamides is 1. The summed E-state index contributed by atoms with van der Waals surface area (Å²) in [7, 11) is -2.12. The molecule has 2 N–H and O–H groups in total. The molecule has 1 aromatic heterocycles. The van der Waals surface area contributed by atoms with E-state index in [1.54, 1.807) is 38.3 Å². The van der Waals surface area contributed by atoms with Crippen molar-refractivity contribution in [3.63, 3.8) is 0 Å². The van der Waals surface area contributed by atoms with Crippen LogP contribution < -0.4 is 10.6 Å². The van der Waals surface area contributed by atoms with Crippen molar-refractivity contribution in [3.8, 4) is 0 Å². The topological polar surface area (TPSA) is 101 Å². The number of amides is 2. The summed E-state index contributed by atoms with van der Waals surface area (Å²) >= 11 is 0. The maximum atomic E-state index is 12.8. The number of carbonyl (C=O) groups is 1. The largest absolute Gasteiger partial charge is 0.446 e. The zero-order chi connectivity index (χ0) is 19.4. The highest BCUT2D eigenvalue weighted by molar-refractivity contribution is 7.89. The highest BCUT2D eigenvalue weighted by atomic mass is 32.2. The Morgan fingerprint density at radius 3 is 2.48 bits per heavy atom. The molecule has 1 saturated heterocycles. The maximum absolute atomic E-state index is 12.8. The molecule has 1 aromatic carbocycles. The molecule has 8 nitrogen and oxygen atoms in total. The first-order chi connectivity index (χ1) is 12.9. The van der Waals surface area contributed by atoms with Crippen LogP contribution in [-0.2, 0) is 14.8 Å². The van der Waals surface area contributed by atoms with Gasteiger partial charge in [0.2, 0.25) is 5.09 Å². The van der Waals surface area contributed by atoms with E-state index in [1.807, 2.05) is 6.07 Å². The van der Waals surface area contributed by atoms with Crippen LogP contribution >= 0.6 is 0 Å². The van der Waals surface area contributed by atoms with E-state index in [2.05, 4.69) is 10.6 Å². The van der Waals surface area contributed by atoms with Gasteiger partial charge in [-0.25, -0.2) is 13.2 Å². The number of nitrogens with zero attached hydrogens (tertiary/aromatic N) is 1. The number of anilines is 2. The summed E-state index contributed by atoms with van der Waals surface area (Å²) < 4.78 is 37.7. The first kappa shape index (κ1) is 19.4. The quantitative estimate of drug-likeness (QED) is 0.813. The second-order valence-electron chi connectivity index (χ2n) is 6.32. The van der Waals surface area contributed by atoms with Crippen molar-refractivity contribution < 1.29 is 22.4 Å². The van der Waals surface area contributed by atoms with Gasteiger partial charge in [0.05, 0.1) is 11.8 Å². The number of hydrogen-bond donors (Lipinski definition) is 2. The lowest BCUT2D eigenvalue weighted by molar-refractivity contribution is 0.0601. The van der Waals surface area contributed by atoms with Crippen molar-refractivity contribution in [2.45, 2.75) is 31.0 Å². The average Bonchev–Trinajstić information content (AvgIpc) is 3.03. The number of methoxy groups -OCH3 is 1. The lowest BCUT2D eigenvalue weighted by Gasteiger charge is -2.29. The van der Waals surface area contributed by atoms with Crippen molar-refractivity contribution in [2.75, 3.05) is 30.8 Å². The third-order valence-electron chi connectivity index (χ3n) is 4.50. The molecule has 2 amide bonds. The summed E-state index contributed by atoms with van der Waals surface area (Å²) in [5.41, 5.74) is 0.943. The number of ether oxygens (including phenoxy) is 1. The van der Waals surface area contributed by atoms with Gasteiger partial charge in [0, 0.05) is 32.0 Å². The van der Waals surface area contributed by atoms with E-state index in [0.717, 1.165) is 0 Å². The number of urea groups is 1. The third-order valence-corrected chi connectivity index (χ3v) is 6.26. The lowest BCUT2D eigenvalue weighted by atomic mass is 10.1. The van der Waals surface area contributed by atoms with Crippen molar-refractivity contribution in [3.05, 3.63) is 42.2 Å². The highest BCUT2D eigenvalue weighted by Crippen LogP contribution is 2.28. The van der Waals surface area contributed by atoms with Crippen LogP contribution in [0.15, 0.2) is 45.9 Å². The van der Waals surface area contributed by atoms with Gasteiger partial charge in [-0.3, -0.25) is 0 Å². The molecule has 1 aliphatic heterocycles. The predicted octanol–water partition coefficient (Wildman–Crippen LogP) is 3.03. The molecule has 9 heteroatoms. The van der Waals surface area contributed by atoms with Gasteiger partial charge >= 0.3 is 6.03 Å². The zero-order valence-corrected chi connectivity index (χ0v) is 16.1. The average molecular weight is 393 g/mol. The molecule has 0 bridgehead atoms. The van der Waals surface area contributed by atoms with Gasteiger partial charge in [0.25, 0.3) is 10.0 Å². The van der Waals surface area contributed by atoms with Crippen molar-refractivity contribution in [1.29, 1.82) is 0 Å². The number of piperidine rings is 1. The van der Waals surface area contributed by atoms with Crippen LogP contribution in [0.25, 0.3) is 0 Å². The molecule has 27 heavy (non-hydrogen) atoms. The van der Waals surface area contributed by atoms with Gasteiger partial charge in [0.1, 0.15) is 5.76 Å². The molecule has 2 aromatic rings. The van der Waals surface area contributed by atoms with Crippen molar-refractivity contribution >= 4 is 27.4 Å². The van der Waals surface area contributed by atoms with Gasteiger partial charge in [-0.2, -0.15) is 4.31 Å². The molecular formula is C18H23N3O5S. The van der Waals surface area contributed by atoms with E-state index >= 15 is 0 Å². The summed E-state index contributed by atoms with van der Waals surface area (Å²) in [5, 5.41) is 5.12. The molecule has 0 unspecified atom stereocenters. The molecular weight excluding hydrogens is 370 g/mol. The molecule has 0 saturated carbocycles. The number of carbonyl (C=O) groups excluding carboxylic acids is 1. The van der Waals surface area contributed by atoms with Gasteiger partial charge in [-0.1, -0.05) is 18.2 Å². The summed E-state index contributed by atoms with van der Waals surface area (Å²) in [6.07, 6.45) is 1.36. The molecule has 0 atom stereocenters. The number of hydrogen-bond acceptors (Lipinski definition) is 5. The highest BCUT2D eigenvalue weighted by Gasteiger charge is 2.32. The summed E-state index contributed by atoms with van der Waals surface area (Å²) in [6.45, 7) is 2.35. The Labute approximate surface area is 158 Å². The third kappa shape index (κ3) is 4.49. The summed E-state index contributed by atoms with van der Waals surface area (Å²) in [6, 6.07) is 9.82. The van der Waals surface area contributed by atoms with Crippen molar-refractivity contribution in [1.82, 2.24) is 4.31 Å². The Morgan fingerprint density at radius 1 is 1.19 bits per heavy atom. The van der Waals surface area contributed by atoms with Gasteiger partial charge in [0.15, 0.2) is 0 Å². The molecule has 3 rings (SSSR count). The number of para-hydroxylation sites is 1. The normalized spacial score (nSPS) is 16.2. The monoisotopic (exact) mass is 393 g/mol. The van der Waals surface area contributed by atoms with E-state index in [-0.39, 0.29) is 11.2 Å². The fraction of sp³-hybridized carbons (Fsp3) is 0.389. The number of furan rings is 1. The molecule has 0 radical (unpaired) electrons. The van der Waals surface area contributed by atoms with Crippen LogP contribution in [0.2, 0.25) is 0 Å². The van der Waals surface area contributed by atoms with E-state index in [9.17, 15) is 13.2 Å². The molecule has 2 heterocycles. The van der Waals surface area contributed by atoms with E-state index in [1.165, 1.54) is 10.4 Å².